The number of nitrogens with zero attached hydrogens (tertiary/aromatic N) is 1. The zero-order valence-corrected chi connectivity index (χ0v) is 11.6. The van der Waals surface area contributed by atoms with Crippen LogP contribution in [-0.4, -0.2) is 50.6 Å². The predicted octanol–water partition coefficient (Wildman–Crippen LogP) is 0.786. The standard InChI is InChI=1S/C13H24N2O3/c1-15(2)9-12(16)14-11-8-6-4-5-7-10(11)13(17)18-3/h10-11H,4-9H2,1-3H3,(H,14,16). The van der Waals surface area contributed by atoms with E-state index < -0.39 is 0 Å². The molecule has 0 aromatic rings. The number of amides is 1. The SMILES string of the molecule is COC(=O)C1CCCCCC1NC(=O)CN(C)C. The molecule has 0 radical (unpaired) electrons. The molecule has 0 aromatic heterocycles. The van der Waals surface area contributed by atoms with Crippen LogP contribution in [0.15, 0.2) is 0 Å². The van der Waals surface area contributed by atoms with Crippen molar-refractivity contribution in [3.8, 4) is 0 Å². The molecule has 1 N–H and O–H groups in total. The molecule has 0 saturated heterocycles. The second kappa shape index (κ2) is 7.36. The second-order valence-electron chi connectivity index (χ2n) is 5.18. The minimum Gasteiger partial charge on any atom is -0.469 e. The maximum absolute atomic E-state index is 11.8. The van der Waals surface area contributed by atoms with Gasteiger partial charge in [-0.2, -0.15) is 0 Å². The summed E-state index contributed by atoms with van der Waals surface area (Å²) in [5.41, 5.74) is 0. The van der Waals surface area contributed by atoms with E-state index in [0.29, 0.717) is 6.54 Å². The molecule has 1 aliphatic carbocycles. The average molecular weight is 256 g/mol. The molecule has 0 spiro atoms. The third kappa shape index (κ3) is 4.64. The van der Waals surface area contributed by atoms with E-state index >= 15 is 0 Å². The van der Waals surface area contributed by atoms with Crippen LogP contribution in [0.1, 0.15) is 32.1 Å². The molecule has 5 nitrogen and oxygen atoms in total. The van der Waals surface area contributed by atoms with Gasteiger partial charge in [-0.25, -0.2) is 0 Å². The van der Waals surface area contributed by atoms with Gasteiger partial charge in [0.1, 0.15) is 0 Å². The summed E-state index contributed by atoms with van der Waals surface area (Å²) in [6, 6.07) is -0.0765. The van der Waals surface area contributed by atoms with E-state index in [0.717, 1.165) is 32.1 Å². The van der Waals surface area contributed by atoms with Crippen molar-refractivity contribution in [2.45, 2.75) is 38.1 Å². The largest absolute Gasteiger partial charge is 0.469 e. The molecule has 1 saturated carbocycles. The van der Waals surface area contributed by atoms with Gasteiger partial charge in [0, 0.05) is 6.04 Å². The monoisotopic (exact) mass is 256 g/mol. The summed E-state index contributed by atoms with van der Waals surface area (Å²) in [5, 5.41) is 2.97. The van der Waals surface area contributed by atoms with Gasteiger partial charge in [0.25, 0.3) is 0 Å². The number of carbonyl (C=O) groups is 2. The van der Waals surface area contributed by atoms with Crippen molar-refractivity contribution in [1.29, 1.82) is 0 Å². The Morgan fingerprint density at radius 1 is 1.22 bits per heavy atom. The molecule has 1 aliphatic rings. The van der Waals surface area contributed by atoms with Gasteiger partial charge in [0.05, 0.1) is 19.6 Å². The molecular formula is C13H24N2O3. The summed E-state index contributed by atoms with van der Waals surface area (Å²) in [7, 11) is 5.11. The Morgan fingerprint density at radius 2 is 1.89 bits per heavy atom. The number of nitrogens with one attached hydrogen (secondary N) is 1. The smallest absolute Gasteiger partial charge is 0.310 e. The Morgan fingerprint density at radius 3 is 2.50 bits per heavy atom. The van der Waals surface area contributed by atoms with Gasteiger partial charge in [-0.15, -0.1) is 0 Å². The zero-order valence-electron chi connectivity index (χ0n) is 11.6. The van der Waals surface area contributed by atoms with Crippen LogP contribution in [0, 0.1) is 5.92 Å². The number of carbonyl (C=O) groups excluding carboxylic acids is 2. The van der Waals surface area contributed by atoms with Gasteiger partial charge >= 0.3 is 5.97 Å². The van der Waals surface area contributed by atoms with Crippen molar-refractivity contribution in [2.75, 3.05) is 27.7 Å². The number of hydrogen-bond acceptors (Lipinski definition) is 4. The summed E-state index contributed by atoms with van der Waals surface area (Å²) >= 11 is 0. The van der Waals surface area contributed by atoms with Crippen molar-refractivity contribution >= 4 is 11.9 Å². The van der Waals surface area contributed by atoms with E-state index in [2.05, 4.69) is 5.32 Å². The molecule has 0 aliphatic heterocycles. The number of methoxy groups -OCH3 is 1. The zero-order chi connectivity index (χ0) is 13.5. The van der Waals surface area contributed by atoms with E-state index in [9.17, 15) is 9.59 Å². The first-order chi connectivity index (χ1) is 8.54. The lowest BCUT2D eigenvalue weighted by atomic mass is 9.95. The summed E-state index contributed by atoms with van der Waals surface area (Å²) in [6.45, 7) is 0.352. The molecule has 18 heavy (non-hydrogen) atoms. The van der Waals surface area contributed by atoms with Crippen molar-refractivity contribution < 1.29 is 14.3 Å². The normalized spacial score (nSPS) is 24.4. The van der Waals surface area contributed by atoms with Crippen LogP contribution in [0.25, 0.3) is 0 Å². The number of hydrogen-bond donors (Lipinski definition) is 1. The fourth-order valence-electron chi connectivity index (χ4n) is 2.45. The van der Waals surface area contributed by atoms with Crippen molar-refractivity contribution in [2.24, 2.45) is 5.92 Å². The third-order valence-corrected chi connectivity index (χ3v) is 3.33. The number of esters is 1. The van der Waals surface area contributed by atoms with Gasteiger partial charge < -0.3 is 15.0 Å². The van der Waals surface area contributed by atoms with Crippen molar-refractivity contribution in [3.05, 3.63) is 0 Å². The topological polar surface area (TPSA) is 58.6 Å². The first kappa shape index (κ1) is 15.0. The van der Waals surface area contributed by atoms with Gasteiger partial charge in [-0.05, 0) is 26.9 Å². The van der Waals surface area contributed by atoms with E-state index in [-0.39, 0.29) is 23.8 Å². The number of rotatable bonds is 4. The fraction of sp³-hybridized carbons (Fsp3) is 0.846. The molecule has 0 aromatic carbocycles. The van der Waals surface area contributed by atoms with Crippen LogP contribution in [0.2, 0.25) is 0 Å². The van der Waals surface area contributed by atoms with E-state index in [4.69, 9.17) is 4.74 Å². The highest BCUT2D eigenvalue weighted by Gasteiger charge is 2.31. The molecule has 0 bridgehead atoms. The van der Waals surface area contributed by atoms with E-state index in [1.54, 1.807) is 0 Å². The van der Waals surface area contributed by atoms with Gasteiger partial charge in [-0.3, -0.25) is 9.59 Å². The lowest BCUT2D eigenvalue weighted by Crippen LogP contribution is -2.46. The Hall–Kier alpha value is -1.10. The van der Waals surface area contributed by atoms with Crippen LogP contribution in [0.4, 0.5) is 0 Å². The van der Waals surface area contributed by atoms with E-state index in [1.165, 1.54) is 7.11 Å². The highest BCUT2D eigenvalue weighted by Crippen LogP contribution is 2.24. The predicted molar refractivity (Wildman–Crippen MR) is 69.1 cm³/mol. The maximum Gasteiger partial charge on any atom is 0.310 e. The summed E-state index contributed by atoms with van der Waals surface area (Å²) < 4.78 is 4.84. The maximum atomic E-state index is 11.8. The van der Waals surface area contributed by atoms with E-state index in [1.807, 2.05) is 19.0 Å². The molecule has 1 amide bonds. The lowest BCUT2D eigenvalue weighted by molar-refractivity contribution is -0.147. The third-order valence-electron chi connectivity index (χ3n) is 3.33. The Bertz CT molecular complexity index is 292. The van der Waals surface area contributed by atoms with Gasteiger partial charge in [0.15, 0.2) is 0 Å². The van der Waals surface area contributed by atoms with Gasteiger partial charge in [0.2, 0.25) is 5.91 Å². The first-order valence-electron chi connectivity index (χ1n) is 6.56. The average Bonchev–Trinajstić information content (AvgIpc) is 2.52. The molecule has 104 valence electrons. The summed E-state index contributed by atoms with van der Waals surface area (Å²) in [5.74, 6) is -0.420. The number of likely N-dealkylation sites (N-methyl/N-ethyl adjacent to an activating group) is 1. The number of ether oxygens (including phenoxy) is 1. The highest BCUT2D eigenvalue weighted by molar-refractivity contribution is 5.80. The van der Waals surface area contributed by atoms with Crippen LogP contribution in [0.5, 0.6) is 0 Å². The quantitative estimate of drug-likeness (QED) is 0.597. The summed E-state index contributed by atoms with van der Waals surface area (Å²) in [4.78, 5) is 25.4. The van der Waals surface area contributed by atoms with Gasteiger partial charge in [-0.1, -0.05) is 19.3 Å². The fourth-order valence-corrected chi connectivity index (χ4v) is 2.45. The molecule has 0 heterocycles. The van der Waals surface area contributed by atoms with Crippen LogP contribution in [-0.2, 0) is 14.3 Å². The minimum absolute atomic E-state index is 0.0270. The van der Waals surface area contributed by atoms with Crippen molar-refractivity contribution in [1.82, 2.24) is 10.2 Å². The second-order valence-corrected chi connectivity index (χ2v) is 5.18. The molecule has 1 fully saturated rings. The molecular weight excluding hydrogens is 232 g/mol. The Labute approximate surface area is 109 Å². The van der Waals surface area contributed by atoms with Crippen LogP contribution >= 0.6 is 0 Å². The first-order valence-corrected chi connectivity index (χ1v) is 6.56. The van der Waals surface area contributed by atoms with Crippen molar-refractivity contribution in [3.63, 3.8) is 0 Å². The Kier molecular flexibility index (Phi) is 6.12. The molecule has 1 rings (SSSR count). The lowest BCUT2D eigenvalue weighted by Gasteiger charge is -2.24. The van der Waals surface area contributed by atoms with Crippen LogP contribution < -0.4 is 5.32 Å². The molecule has 2 unspecified atom stereocenters. The molecule has 5 heteroatoms. The van der Waals surface area contributed by atoms with Crippen LogP contribution in [0.3, 0.4) is 0 Å². The Balaban J connectivity index is 2.61. The molecule has 2 atom stereocenters. The minimum atomic E-state index is -0.202. The summed E-state index contributed by atoms with van der Waals surface area (Å²) in [6.07, 6.45) is 4.87. The highest BCUT2D eigenvalue weighted by atomic mass is 16.5.